The molecular weight excluding hydrogens is 528 g/mol. The molecule has 1 N–H and O–H groups in total. The number of aryl methyl sites for hydroxylation is 1. The van der Waals surface area contributed by atoms with Gasteiger partial charge in [0, 0.05) is 30.6 Å². The van der Waals surface area contributed by atoms with Gasteiger partial charge in [-0.1, -0.05) is 48.0 Å². The molecule has 1 saturated heterocycles. The van der Waals surface area contributed by atoms with Gasteiger partial charge in [0.1, 0.15) is 5.75 Å². The monoisotopic (exact) mass is 560 g/mol. The van der Waals surface area contributed by atoms with Gasteiger partial charge in [0.15, 0.2) is 0 Å². The number of imidazole rings is 1. The van der Waals surface area contributed by atoms with Crippen LogP contribution in [0.15, 0.2) is 90.0 Å². The predicted octanol–water partition coefficient (Wildman–Crippen LogP) is 4.66. The summed E-state index contributed by atoms with van der Waals surface area (Å²) in [6, 6.07) is 23.6. The maximum atomic E-state index is 13.6. The summed E-state index contributed by atoms with van der Waals surface area (Å²) in [7, 11) is -2.48. The number of ether oxygens (including phenoxy) is 2. The highest BCUT2D eigenvalue weighted by molar-refractivity contribution is 7.89. The number of amides is 1. The Morgan fingerprint density at radius 2 is 1.80 bits per heavy atom. The van der Waals surface area contributed by atoms with E-state index in [4.69, 9.17) is 14.5 Å². The van der Waals surface area contributed by atoms with Crippen LogP contribution in [0.1, 0.15) is 18.4 Å². The molecule has 2 heterocycles. The van der Waals surface area contributed by atoms with Gasteiger partial charge in [-0.25, -0.2) is 13.4 Å². The van der Waals surface area contributed by atoms with Crippen molar-refractivity contribution in [2.75, 3.05) is 32.1 Å². The number of hydrogen-bond acceptors (Lipinski definition) is 6. The lowest BCUT2D eigenvalue weighted by molar-refractivity contribution is -0.116. The molecule has 4 aromatic rings. The van der Waals surface area contributed by atoms with Crippen molar-refractivity contribution in [3.63, 3.8) is 0 Å². The molecule has 40 heavy (non-hydrogen) atoms. The Kier molecular flexibility index (Phi) is 8.29. The van der Waals surface area contributed by atoms with Gasteiger partial charge in [0.2, 0.25) is 21.9 Å². The van der Waals surface area contributed by atoms with Gasteiger partial charge >= 0.3 is 0 Å². The molecule has 9 nitrogen and oxygen atoms in total. The third-order valence-electron chi connectivity index (χ3n) is 6.79. The summed E-state index contributed by atoms with van der Waals surface area (Å²) < 4.78 is 41.1. The normalized spacial score (nSPS) is 15.3. The van der Waals surface area contributed by atoms with Crippen LogP contribution in [0.2, 0.25) is 0 Å². The van der Waals surface area contributed by atoms with Crippen LogP contribution in [0.3, 0.4) is 0 Å². The van der Waals surface area contributed by atoms with Crippen LogP contribution in [-0.2, 0) is 19.6 Å². The number of rotatable bonds is 10. The van der Waals surface area contributed by atoms with E-state index in [1.54, 1.807) is 16.7 Å². The minimum absolute atomic E-state index is 0.0729. The third-order valence-corrected chi connectivity index (χ3v) is 8.61. The van der Waals surface area contributed by atoms with Crippen molar-refractivity contribution in [1.82, 2.24) is 13.9 Å². The molecule has 0 saturated carbocycles. The number of methoxy groups -OCH3 is 1. The van der Waals surface area contributed by atoms with Crippen LogP contribution < -0.4 is 10.1 Å². The Morgan fingerprint density at radius 3 is 2.45 bits per heavy atom. The molecule has 1 fully saturated rings. The molecule has 3 aromatic carbocycles. The molecule has 1 atom stereocenters. The molecule has 1 aromatic heterocycles. The Labute approximate surface area is 234 Å². The topological polar surface area (TPSA) is 103 Å². The first-order valence-electron chi connectivity index (χ1n) is 13.1. The summed E-state index contributed by atoms with van der Waals surface area (Å²) in [6.45, 7) is 2.25. The summed E-state index contributed by atoms with van der Waals surface area (Å²) in [6.07, 6.45) is 3.16. The number of nitrogens with zero attached hydrogens (tertiary/aromatic N) is 3. The molecule has 0 radical (unpaired) electrons. The summed E-state index contributed by atoms with van der Waals surface area (Å²) in [4.78, 5) is 18.2. The zero-order chi connectivity index (χ0) is 28.1. The fourth-order valence-electron chi connectivity index (χ4n) is 4.60. The summed E-state index contributed by atoms with van der Waals surface area (Å²) in [5.74, 6) is 0.333. The Morgan fingerprint density at radius 1 is 1.07 bits per heavy atom. The second kappa shape index (κ2) is 12.0. The number of anilines is 1. The van der Waals surface area contributed by atoms with Crippen molar-refractivity contribution in [2.45, 2.75) is 30.8 Å². The van der Waals surface area contributed by atoms with Crippen LogP contribution >= 0.6 is 0 Å². The number of hydrogen-bond donors (Lipinski definition) is 1. The highest BCUT2D eigenvalue weighted by atomic mass is 32.2. The third kappa shape index (κ3) is 6.25. The molecule has 5 rings (SSSR count). The minimum atomic E-state index is -4.00. The van der Waals surface area contributed by atoms with Crippen LogP contribution in [0.5, 0.6) is 5.75 Å². The zero-order valence-electron chi connectivity index (χ0n) is 22.5. The number of benzene rings is 3. The lowest BCUT2D eigenvalue weighted by Gasteiger charge is -2.24. The van der Waals surface area contributed by atoms with Gasteiger partial charge in [-0.15, -0.1) is 0 Å². The van der Waals surface area contributed by atoms with Gasteiger partial charge in [0.05, 0.1) is 30.3 Å². The molecule has 0 unspecified atom stereocenters. The molecule has 0 spiro atoms. The van der Waals surface area contributed by atoms with E-state index in [0.717, 1.165) is 29.7 Å². The van der Waals surface area contributed by atoms with Crippen molar-refractivity contribution >= 4 is 21.9 Å². The largest absolute Gasteiger partial charge is 0.497 e. The SMILES string of the molecule is COc1ccc(S(=O)(=O)N(CC(=O)Nc2nc(-c3ccccc3)cn2-c2ccc(C)cc2)C[C@H]2CCCO2)cc1. The maximum Gasteiger partial charge on any atom is 0.243 e. The fourth-order valence-corrected chi connectivity index (χ4v) is 6.03. The first kappa shape index (κ1) is 27.6. The fraction of sp³-hybridized carbons (Fsp3) is 0.267. The number of carbonyl (C=O) groups is 1. The first-order chi connectivity index (χ1) is 19.3. The van der Waals surface area contributed by atoms with E-state index in [9.17, 15) is 13.2 Å². The van der Waals surface area contributed by atoms with Crippen molar-refractivity contribution in [2.24, 2.45) is 0 Å². The first-order valence-corrected chi connectivity index (χ1v) is 14.5. The van der Waals surface area contributed by atoms with E-state index >= 15 is 0 Å². The van der Waals surface area contributed by atoms with Gasteiger partial charge in [-0.05, 0) is 56.2 Å². The van der Waals surface area contributed by atoms with Gasteiger partial charge < -0.3 is 9.47 Å². The Hall–Kier alpha value is -3.99. The van der Waals surface area contributed by atoms with Gasteiger partial charge in [0.25, 0.3) is 0 Å². The molecule has 10 heteroatoms. The van der Waals surface area contributed by atoms with E-state index < -0.39 is 22.5 Å². The molecule has 1 aliphatic rings. The summed E-state index contributed by atoms with van der Waals surface area (Å²) in [5, 5.41) is 2.86. The summed E-state index contributed by atoms with van der Waals surface area (Å²) in [5.41, 5.74) is 3.49. The van der Waals surface area contributed by atoms with E-state index in [1.807, 2.05) is 67.7 Å². The number of aromatic nitrogens is 2. The molecule has 1 aliphatic heterocycles. The summed E-state index contributed by atoms with van der Waals surface area (Å²) >= 11 is 0. The second-order valence-corrected chi connectivity index (χ2v) is 11.6. The van der Waals surface area contributed by atoms with Crippen LogP contribution in [0.4, 0.5) is 5.95 Å². The second-order valence-electron chi connectivity index (χ2n) is 9.68. The van der Waals surface area contributed by atoms with Crippen LogP contribution in [0, 0.1) is 6.92 Å². The highest BCUT2D eigenvalue weighted by Crippen LogP contribution is 2.26. The van der Waals surface area contributed by atoms with Crippen LogP contribution in [-0.4, -0.2) is 61.1 Å². The molecule has 0 bridgehead atoms. The Bertz CT molecular complexity index is 1550. The Balaban J connectivity index is 1.43. The van der Waals surface area contributed by atoms with Crippen molar-refractivity contribution in [3.05, 3.63) is 90.6 Å². The predicted molar refractivity (Wildman–Crippen MR) is 153 cm³/mol. The quantitative estimate of drug-likeness (QED) is 0.303. The zero-order valence-corrected chi connectivity index (χ0v) is 23.3. The van der Waals surface area contributed by atoms with Crippen molar-refractivity contribution < 1.29 is 22.7 Å². The van der Waals surface area contributed by atoms with Gasteiger partial charge in [-0.3, -0.25) is 14.7 Å². The number of sulfonamides is 1. The number of carbonyl (C=O) groups excluding carboxylic acids is 1. The van der Waals surface area contributed by atoms with E-state index in [2.05, 4.69) is 5.32 Å². The van der Waals surface area contributed by atoms with E-state index in [0.29, 0.717) is 24.0 Å². The molecule has 0 aliphatic carbocycles. The smallest absolute Gasteiger partial charge is 0.243 e. The average Bonchev–Trinajstić information content (AvgIpc) is 3.64. The van der Waals surface area contributed by atoms with Crippen molar-refractivity contribution in [1.29, 1.82) is 0 Å². The number of nitrogens with one attached hydrogen (secondary N) is 1. The maximum absolute atomic E-state index is 13.6. The molecular formula is C30H32N4O5S. The molecule has 208 valence electrons. The lowest BCUT2D eigenvalue weighted by atomic mass is 10.2. The standard InChI is InChI=1S/C30H32N4O5S/c1-22-10-12-24(13-11-22)34-20-28(23-7-4-3-5-8-23)31-30(34)32-29(35)21-33(19-26-9-6-18-39-26)40(36,37)27-16-14-25(38-2)15-17-27/h3-5,7-8,10-17,20,26H,6,9,18-19,21H2,1-2H3,(H,31,32,35)/t26-/m1/s1. The van der Waals surface area contributed by atoms with E-state index in [-0.39, 0.29) is 17.5 Å². The van der Waals surface area contributed by atoms with Gasteiger partial charge in [-0.2, -0.15) is 4.31 Å². The minimum Gasteiger partial charge on any atom is -0.497 e. The average molecular weight is 561 g/mol. The lowest BCUT2D eigenvalue weighted by Crippen LogP contribution is -2.42. The molecule has 1 amide bonds. The van der Waals surface area contributed by atoms with E-state index in [1.165, 1.54) is 23.5 Å². The highest BCUT2D eigenvalue weighted by Gasteiger charge is 2.31. The van der Waals surface area contributed by atoms with Crippen molar-refractivity contribution in [3.8, 4) is 22.7 Å². The van der Waals surface area contributed by atoms with Crippen LogP contribution in [0.25, 0.3) is 16.9 Å².